The first kappa shape index (κ1) is 15.8. The molecule has 0 atom stereocenters. The summed E-state index contributed by atoms with van der Waals surface area (Å²) in [4.78, 5) is 12.5. The number of methoxy groups -OCH3 is 1. The van der Waals surface area contributed by atoms with Crippen LogP contribution in [-0.4, -0.2) is 38.3 Å². The van der Waals surface area contributed by atoms with Crippen molar-refractivity contribution in [2.75, 3.05) is 32.1 Å². The Hall–Kier alpha value is -1.59. The van der Waals surface area contributed by atoms with Crippen molar-refractivity contribution < 1.29 is 14.3 Å². The third-order valence-corrected chi connectivity index (χ3v) is 3.80. The van der Waals surface area contributed by atoms with Gasteiger partial charge in [-0.2, -0.15) is 0 Å². The van der Waals surface area contributed by atoms with Crippen LogP contribution >= 0.6 is 0 Å². The SMILES string of the molecule is CCCOc1ccc(NC(=O)C2(OC)CCNCC2)cc1. The molecule has 1 aliphatic heterocycles. The number of amides is 1. The summed E-state index contributed by atoms with van der Waals surface area (Å²) in [6.07, 6.45) is 2.35. The summed E-state index contributed by atoms with van der Waals surface area (Å²) in [5.41, 5.74) is 0.0432. The summed E-state index contributed by atoms with van der Waals surface area (Å²) in [7, 11) is 1.60. The van der Waals surface area contributed by atoms with Gasteiger partial charge in [-0.05, 0) is 56.6 Å². The minimum Gasteiger partial charge on any atom is -0.494 e. The Morgan fingerprint density at radius 2 is 1.95 bits per heavy atom. The van der Waals surface area contributed by atoms with Crippen LogP contribution in [0.4, 0.5) is 5.69 Å². The summed E-state index contributed by atoms with van der Waals surface area (Å²) in [5.74, 6) is 0.742. The van der Waals surface area contributed by atoms with E-state index in [0.29, 0.717) is 19.4 Å². The predicted octanol–water partition coefficient (Wildman–Crippen LogP) is 2.18. The molecule has 1 aromatic carbocycles. The third-order valence-electron chi connectivity index (χ3n) is 3.80. The zero-order valence-corrected chi connectivity index (χ0v) is 12.8. The van der Waals surface area contributed by atoms with Crippen molar-refractivity contribution in [1.82, 2.24) is 5.32 Å². The standard InChI is InChI=1S/C16H24N2O3/c1-3-12-21-14-6-4-13(5-7-14)18-15(19)16(20-2)8-10-17-11-9-16/h4-7,17H,3,8-12H2,1-2H3,(H,18,19). The fourth-order valence-corrected chi connectivity index (χ4v) is 2.45. The summed E-state index contributed by atoms with van der Waals surface area (Å²) in [6.45, 7) is 4.36. The molecule has 2 rings (SSSR count). The molecule has 5 nitrogen and oxygen atoms in total. The van der Waals surface area contributed by atoms with Crippen LogP contribution in [0.15, 0.2) is 24.3 Å². The summed E-state index contributed by atoms with van der Waals surface area (Å²) >= 11 is 0. The number of ether oxygens (including phenoxy) is 2. The molecule has 1 amide bonds. The van der Waals surface area contributed by atoms with E-state index < -0.39 is 5.60 Å². The molecule has 1 aliphatic rings. The fraction of sp³-hybridized carbons (Fsp3) is 0.562. The Bertz CT molecular complexity index is 453. The second kappa shape index (κ2) is 7.43. The van der Waals surface area contributed by atoms with Crippen LogP contribution in [0.2, 0.25) is 0 Å². The van der Waals surface area contributed by atoms with Gasteiger partial charge in [0.1, 0.15) is 11.4 Å². The van der Waals surface area contributed by atoms with Gasteiger partial charge in [0, 0.05) is 12.8 Å². The molecule has 1 aromatic rings. The maximum Gasteiger partial charge on any atom is 0.256 e. The Morgan fingerprint density at radius 3 is 2.52 bits per heavy atom. The minimum atomic E-state index is -0.720. The molecule has 5 heteroatoms. The lowest BCUT2D eigenvalue weighted by Crippen LogP contribution is -2.51. The summed E-state index contributed by atoms with van der Waals surface area (Å²) < 4.78 is 11.0. The fourth-order valence-electron chi connectivity index (χ4n) is 2.45. The number of rotatable bonds is 6. The van der Waals surface area contributed by atoms with Gasteiger partial charge in [0.25, 0.3) is 5.91 Å². The molecule has 2 N–H and O–H groups in total. The summed E-state index contributed by atoms with van der Waals surface area (Å²) in [5, 5.41) is 6.18. The van der Waals surface area contributed by atoms with Gasteiger partial charge in [0.2, 0.25) is 0 Å². The maximum atomic E-state index is 12.5. The van der Waals surface area contributed by atoms with E-state index in [2.05, 4.69) is 17.6 Å². The first-order valence-corrected chi connectivity index (χ1v) is 7.50. The van der Waals surface area contributed by atoms with Crippen molar-refractivity contribution in [3.05, 3.63) is 24.3 Å². The van der Waals surface area contributed by atoms with Crippen molar-refractivity contribution in [1.29, 1.82) is 0 Å². The van der Waals surface area contributed by atoms with E-state index in [-0.39, 0.29) is 5.91 Å². The Morgan fingerprint density at radius 1 is 1.29 bits per heavy atom. The highest BCUT2D eigenvalue weighted by molar-refractivity contribution is 5.97. The van der Waals surface area contributed by atoms with Gasteiger partial charge in [-0.1, -0.05) is 6.92 Å². The van der Waals surface area contributed by atoms with Crippen LogP contribution in [0.25, 0.3) is 0 Å². The van der Waals surface area contributed by atoms with E-state index in [1.54, 1.807) is 7.11 Å². The number of hydrogen-bond acceptors (Lipinski definition) is 4. The molecule has 21 heavy (non-hydrogen) atoms. The predicted molar refractivity (Wildman–Crippen MR) is 82.7 cm³/mol. The lowest BCUT2D eigenvalue weighted by atomic mass is 9.91. The van der Waals surface area contributed by atoms with Gasteiger partial charge >= 0.3 is 0 Å². The highest BCUT2D eigenvalue weighted by Gasteiger charge is 2.39. The van der Waals surface area contributed by atoms with Gasteiger partial charge in [0.05, 0.1) is 6.61 Å². The van der Waals surface area contributed by atoms with Crippen LogP contribution in [0.5, 0.6) is 5.75 Å². The second-order valence-corrected chi connectivity index (χ2v) is 5.28. The Kier molecular flexibility index (Phi) is 5.59. The van der Waals surface area contributed by atoms with Crippen molar-refractivity contribution in [2.45, 2.75) is 31.8 Å². The minimum absolute atomic E-state index is 0.0753. The molecule has 0 spiro atoms. The molecule has 0 unspecified atom stereocenters. The molecule has 1 saturated heterocycles. The third kappa shape index (κ3) is 3.95. The van der Waals surface area contributed by atoms with E-state index in [9.17, 15) is 4.79 Å². The zero-order valence-electron chi connectivity index (χ0n) is 12.8. The number of carbonyl (C=O) groups excluding carboxylic acids is 1. The average Bonchev–Trinajstić information content (AvgIpc) is 2.54. The normalized spacial score (nSPS) is 17.2. The van der Waals surface area contributed by atoms with E-state index in [4.69, 9.17) is 9.47 Å². The summed E-state index contributed by atoms with van der Waals surface area (Å²) in [6, 6.07) is 7.45. The molecule has 1 fully saturated rings. The van der Waals surface area contributed by atoms with Gasteiger partial charge in [-0.25, -0.2) is 0 Å². The highest BCUT2D eigenvalue weighted by atomic mass is 16.5. The highest BCUT2D eigenvalue weighted by Crippen LogP contribution is 2.25. The van der Waals surface area contributed by atoms with E-state index in [1.807, 2.05) is 24.3 Å². The smallest absolute Gasteiger partial charge is 0.256 e. The average molecular weight is 292 g/mol. The molecule has 0 bridgehead atoms. The van der Waals surface area contributed by atoms with Crippen LogP contribution < -0.4 is 15.4 Å². The molecule has 0 saturated carbocycles. The van der Waals surface area contributed by atoms with E-state index >= 15 is 0 Å². The molecule has 0 aromatic heterocycles. The number of carbonyl (C=O) groups is 1. The van der Waals surface area contributed by atoms with Crippen LogP contribution in [-0.2, 0) is 9.53 Å². The molecule has 1 heterocycles. The first-order chi connectivity index (χ1) is 10.2. The Labute approximate surface area is 126 Å². The lowest BCUT2D eigenvalue weighted by Gasteiger charge is -2.34. The van der Waals surface area contributed by atoms with Gasteiger partial charge < -0.3 is 20.1 Å². The monoisotopic (exact) mass is 292 g/mol. The zero-order chi connectivity index (χ0) is 15.1. The largest absolute Gasteiger partial charge is 0.494 e. The second-order valence-electron chi connectivity index (χ2n) is 5.28. The number of anilines is 1. The lowest BCUT2D eigenvalue weighted by molar-refractivity contribution is -0.140. The van der Waals surface area contributed by atoms with Crippen LogP contribution in [0, 0.1) is 0 Å². The van der Waals surface area contributed by atoms with Crippen molar-refractivity contribution >= 4 is 11.6 Å². The quantitative estimate of drug-likeness (QED) is 0.844. The van der Waals surface area contributed by atoms with Crippen LogP contribution in [0.3, 0.4) is 0 Å². The number of nitrogens with one attached hydrogen (secondary N) is 2. The van der Waals surface area contributed by atoms with Crippen molar-refractivity contribution in [2.24, 2.45) is 0 Å². The van der Waals surface area contributed by atoms with Gasteiger partial charge in [-0.15, -0.1) is 0 Å². The number of benzene rings is 1. The number of piperidine rings is 1. The van der Waals surface area contributed by atoms with Crippen molar-refractivity contribution in [3.8, 4) is 5.75 Å². The molecule has 0 aliphatic carbocycles. The van der Waals surface area contributed by atoms with E-state index in [0.717, 1.165) is 30.9 Å². The first-order valence-electron chi connectivity index (χ1n) is 7.50. The maximum absolute atomic E-state index is 12.5. The topological polar surface area (TPSA) is 59.6 Å². The molecule has 0 radical (unpaired) electrons. The van der Waals surface area contributed by atoms with Crippen molar-refractivity contribution in [3.63, 3.8) is 0 Å². The Balaban J connectivity index is 1.98. The molecular weight excluding hydrogens is 268 g/mol. The molecular formula is C16H24N2O3. The van der Waals surface area contributed by atoms with Crippen LogP contribution in [0.1, 0.15) is 26.2 Å². The number of hydrogen-bond donors (Lipinski definition) is 2. The van der Waals surface area contributed by atoms with Gasteiger partial charge in [0.15, 0.2) is 0 Å². The van der Waals surface area contributed by atoms with E-state index in [1.165, 1.54) is 0 Å². The van der Waals surface area contributed by atoms with Gasteiger partial charge in [-0.3, -0.25) is 4.79 Å². The molecule has 116 valence electrons.